The largest absolute Gasteiger partial charge is 0.338 e. The molecule has 0 fully saturated rings. The topological polar surface area (TPSA) is 53.6 Å². The maximum Gasteiger partial charge on any atom is 0.139 e. The van der Waals surface area contributed by atoms with Crippen LogP contribution < -0.4 is 5.32 Å². The van der Waals surface area contributed by atoms with Crippen molar-refractivity contribution in [3.05, 3.63) is 72.1 Å². The number of pyridine rings is 1. The van der Waals surface area contributed by atoms with Gasteiger partial charge in [0.05, 0.1) is 17.8 Å². The molecule has 0 saturated heterocycles. The summed E-state index contributed by atoms with van der Waals surface area (Å²) < 4.78 is 0. The molecule has 0 radical (unpaired) electrons. The Morgan fingerprint density at radius 3 is 2.67 bits per heavy atom. The zero-order chi connectivity index (χ0) is 16.1. The Balaban J connectivity index is 1.80. The number of aromatic amines is 1. The minimum Gasteiger partial charge on any atom is -0.338 e. The van der Waals surface area contributed by atoms with Crippen molar-refractivity contribution in [3.8, 4) is 22.5 Å². The highest BCUT2D eigenvalue weighted by molar-refractivity contribution is 5.91. The number of rotatable bonds is 2. The van der Waals surface area contributed by atoms with Crippen molar-refractivity contribution in [2.75, 3.05) is 7.05 Å². The van der Waals surface area contributed by atoms with Crippen LogP contribution in [0.4, 0.5) is 0 Å². The van der Waals surface area contributed by atoms with Crippen LogP contribution in [0.15, 0.2) is 60.9 Å². The molecule has 2 aromatic heterocycles. The SMILES string of the molecule is CNC1c2ccccc2-c2c(-c3nc4cnccc4[nH]3)cccc21. The summed E-state index contributed by atoms with van der Waals surface area (Å²) in [6, 6.07) is 17.2. The number of imidazole rings is 1. The van der Waals surface area contributed by atoms with Crippen LogP contribution in [0.1, 0.15) is 17.2 Å². The van der Waals surface area contributed by atoms with Crippen LogP contribution in [0.25, 0.3) is 33.5 Å². The predicted molar refractivity (Wildman–Crippen MR) is 95.7 cm³/mol. The van der Waals surface area contributed by atoms with E-state index in [0.717, 1.165) is 22.4 Å². The van der Waals surface area contributed by atoms with Gasteiger partial charge in [-0.15, -0.1) is 0 Å². The van der Waals surface area contributed by atoms with Crippen LogP contribution in [0, 0.1) is 0 Å². The highest BCUT2D eigenvalue weighted by Gasteiger charge is 2.29. The Hall–Kier alpha value is -2.98. The van der Waals surface area contributed by atoms with Crippen molar-refractivity contribution in [2.45, 2.75) is 6.04 Å². The number of hydrogen-bond acceptors (Lipinski definition) is 3. The first-order chi connectivity index (χ1) is 11.9. The summed E-state index contributed by atoms with van der Waals surface area (Å²) in [5.41, 5.74) is 8.19. The maximum absolute atomic E-state index is 4.75. The second-order valence-electron chi connectivity index (χ2n) is 6.06. The van der Waals surface area contributed by atoms with Gasteiger partial charge < -0.3 is 10.3 Å². The lowest BCUT2D eigenvalue weighted by atomic mass is 9.99. The summed E-state index contributed by atoms with van der Waals surface area (Å²) in [5.74, 6) is 0.890. The van der Waals surface area contributed by atoms with Crippen molar-refractivity contribution in [1.29, 1.82) is 0 Å². The summed E-state index contributed by atoms with van der Waals surface area (Å²) in [6.07, 6.45) is 3.58. The summed E-state index contributed by atoms with van der Waals surface area (Å²) in [7, 11) is 2.01. The average Bonchev–Trinajstić information content (AvgIpc) is 3.20. The average molecular weight is 312 g/mol. The van der Waals surface area contributed by atoms with Gasteiger partial charge in [0.2, 0.25) is 0 Å². The molecule has 0 amide bonds. The van der Waals surface area contributed by atoms with Gasteiger partial charge in [-0.2, -0.15) is 0 Å². The Labute approximate surface area is 139 Å². The number of nitrogens with zero attached hydrogens (tertiary/aromatic N) is 2. The maximum atomic E-state index is 4.75. The fourth-order valence-electron chi connectivity index (χ4n) is 3.75. The molecule has 1 atom stereocenters. The van der Waals surface area contributed by atoms with Gasteiger partial charge in [-0.3, -0.25) is 4.98 Å². The van der Waals surface area contributed by atoms with Crippen LogP contribution in [-0.4, -0.2) is 22.0 Å². The minimum absolute atomic E-state index is 0.224. The minimum atomic E-state index is 0.224. The van der Waals surface area contributed by atoms with E-state index in [0.29, 0.717) is 0 Å². The highest BCUT2D eigenvalue weighted by Crippen LogP contribution is 2.47. The molecule has 2 aromatic carbocycles. The fourth-order valence-corrected chi connectivity index (χ4v) is 3.75. The molecule has 2 heterocycles. The monoisotopic (exact) mass is 312 g/mol. The van der Waals surface area contributed by atoms with Gasteiger partial charge in [0.15, 0.2) is 0 Å². The number of fused-ring (bicyclic) bond motifs is 4. The fraction of sp³-hybridized carbons (Fsp3) is 0.100. The number of aromatic nitrogens is 3. The Morgan fingerprint density at radius 1 is 0.958 bits per heavy atom. The molecule has 24 heavy (non-hydrogen) atoms. The number of nitrogens with one attached hydrogen (secondary N) is 2. The van der Waals surface area contributed by atoms with E-state index in [2.05, 4.69) is 57.7 Å². The third kappa shape index (κ3) is 1.77. The van der Waals surface area contributed by atoms with Crippen molar-refractivity contribution in [3.63, 3.8) is 0 Å². The second-order valence-corrected chi connectivity index (χ2v) is 6.06. The quantitative estimate of drug-likeness (QED) is 0.590. The number of H-pyrrole nitrogens is 1. The zero-order valence-electron chi connectivity index (χ0n) is 13.2. The van der Waals surface area contributed by atoms with E-state index in [1.54, 1.807) is 12.4 Å². The number of hydrogen-bond donors (Lipinski definition) is 2. The van der Waals surface area contributed by atoms with Gasteiger partial charge in [0.25, 0.3) is 0 Å². The van der Waals surface area contributed by atoms with Crippen LogP contribution in [-0.2, 0) is 0 Å². The molecule has 1 unspecified atom stereocenters. The molecule has 0 bridgehead atoms. The normalized spacial score (nSPS) is 15.5. The Kier molecular flexibility index (Phi) is 2.81. The van der Waals surface area contributed by atoms with E-state index in [4.69, 9.17) is 4.98 Å². The van der Waals surface area contributed by atoms with Gasteiger partial charge in [-0.1, -0.05) is 42.5 Å². The lowest BCUT2D eigenvalue weighted by molar-refractivity contribution is 0.708. The first-order valence-electron chi connectivity index (χ1n) is 8.06. The van der Waals surface area contributed by atoms with Gasteiger partial charge >= 0.3 is 0 Å². The molecule has 4 heteroatoms. The molecule has 2 N–H and O–H groups in total. The van der Waals surface area contributed by atoms with Gasteiger partial charge in [-0.05, 0) is 35.4 Å². The molecule has 116 valence electrons. The highest BCUT2D eigenvalue weighted by atomic mass is 14.9. The first-order valence-corrected chi connectivity index (χ1v) is 8.06. The molecule has 0 aliphatic heterocycles. The molecule has 4 aromatic rings. The predicted octanol–water partition coefficient (Wildman–Crippen LogP) is 3.91. The third-order valence-electron chi connectivity index (χ3n) is 4.78. The number of benzene rings is 2. The molecular formula is C20H16N4. The molecule has 0 saturated carbocycles. The van der Waals surface area contributed by atoms with Gasteiger partial charge in [0.1, 0.15) is 11.3 Å². The van der Waals surface area contributed by atoms with Crippen molar-refractivity contribution in [2.24, 2.45) is 0 Å². The summed E-state index contributed by atoms with van der Waals surface area (Å²) >= 11 is 0. The first kappa shape index (κ1) is 13.5. The zero-order valence-corrected chi connectivity index (χ0v) is 13.2. The molecule has 0 spiro atoms. The Bertz CT molecular complexity index is 1030. The van der Waals surface area contributed by atoms with Crippen molar-refractivity contribution >= 4 is 11.0 Å². The molecule has 5 rings (SSSR count). The Morgan fingerprint density at radius 2 is 1.79 bits per heavy atom. The van der Waals surface area contributed by atoms with Crippen molar-refractivity contribution < 1.29 is 0 Å². The molecule has 4 nitrogen and oxygen atoms in total. The summed E-state index contributed by atoms with van der Waals surface area (Å²) in [6.45, 7) is 0. The van der Waals surface area contributed by atoms with E-state index in [1.807, 2.05) is 13.1 Å². The molecule has 1 aliphatic rings. The summed E-state index contributed by atoms with van der Waals surface area (Å²) in [5, 5.41) is 3.44. The van der Waals surface area contributed by atoms with Crippen LogP contribution in [0.3, 0.4) is 0 Å². The lowest BCUT2D eigenvalue weighted by Gasteiger charge is -2.12. The van der Waals surface area contributed by atoms with E-state index in [-0.39, 0.29) is 6.04 Å². The van der Waals surface area contributed by atoms with E-state index >= 15 is 0 Å². The van der Waals surface area contributed by atoms with E-state index in [1.165, 1.54) is 22.3 Å². The van der Waals surface area contributed by atoms with Crippen LogP contribution in [0.5, 0.6) is 0 Å². The van der Waals surface area contributed by atoms with Crippen LogP contribution >= 0.6 is 0 Å². The lowest BCUT2D eigenvalue weighted by Crippen LogP contribution is -2.14. The van der Waals surface area contributed by atoms with Gasteiger partial charge in [-0.25, -0.2) is 4.98 Å². The van der Waals surface area contributed by atoms with Crippen LogP contribution in [0.2, 0.25) is 0 Å². The summed E-state index contributed by atoms with van der Waals surface area (Å²) in [4.78, 5) is 12.3. The molecule has 1 aliphatic carbocycles. The van der Waals surface area contributed by atoms with E-state index < -0.39 is 0 Å². The standard InChI is InChI=1S/C20H16N4/c1-21-19-13-6-3-2-5-12(13)18-14(19)7-4-8-15(18)20-23-16-9-10-22-11-17(16)24-20/h2-11,19,21H,1H3,(H,23,24). The smallest absolute Gasteiger partial charge is 0.139 e. The van der Waals surface area contributed by atoms with Crippen molar-refractivity contribution in [1.82, 2.24) is 20.3 Å². The second kappa shape index (κ2) is 5.01. The molecular weight excluding hydrogens is 296 g/mol. The third-order valence-corrected chi connectivity index (χ3v) is 4.78. The van der Waals surface area contributed by atoms with Gasteiger partial charge in [0, 0.05) is 11.8 Å². The van der Waals surface area contributed by atoms with E-state index in [9.17, 15) is 0 Å².